The molecule has 0 radical (unpaired) electrons. The maximum atomic E-state index is 9.24. The smallest absolute Gasteiger partial charge is 0.492 e. The Morgan fingerprint density at radius 3 is 2.47 bits per heavy atom. The van der Waals surface area contributed by atoms with Gasteiger partial charge in [-0.1, -0.05) is 19.1 Å². The number of hydrogen-bond acceptors (Lipinski definition) is 5. The summed E-state index contributed by atoms with van der Waals surface area (Å²) >= 11 is 0. The third-order valence-corrected chi connectivity index (χ3v) is 2.56. The quantitative estimate of drug-likeness (QED) is 0.498. The molecule has 0 unspecified atom stereocenters. The molecule has 0 bridgehead atoms. The van der Waals surface area contributed by atoms with Crippen molar-refractivity contribution in [2.45, 2.75) is 20.0 Å². The van der Waals surface area contributed by atoms with Crippen LogP contribution in [0.4, 0.5) is 0 Å². The van der Waals surface area contributed by atoms with E-state index in [4.69, 9.17) is 14.2 Å². The van der Waals surface area contributed by atoms with E-state index in [9.17, 15) is 10.0 Å². The summed E-state index contributed by atoms with van der Waals surface area (Å²) in [4.78, 5) is 0. The van der Waals surface area contributed by atoms with E-state index < -0.39 is 7.12 Å². The highest BCUT2D eigenvalue weighted by Gasteiger charge is 2.17. The second kappa shape index (κ2) is 8.93. The number of hydrogen-bond donors (Lipinski definition) is 2. The number of rotatable bonds is 9. The minimum Gasteiger partial charge on any atom is -0.497 e. The van der Waals surface area contributed by atoms with Crippen LogP contribution in [0.1, 0.15) is 18.9 Å². The topological polar surface area (TPSA) is 68.2 Å². The first-order chi connectivity index (χ1) is 9.19. The van der Waals surface area contributed by atoms with Crippen molar-refractivity contribution in [3.63, 3.8) is 0 Å². The second-order valence-electron chi connectivity index (χ2n) is 4.11. The molecule has 0 atom stereocenters. The molecule has 0 aromatic heterocycles. The molecule has 106 valence electrons. The van der Waals surface area contributed by atoms with Gasteiger partial charge in [0.25, 0.3) is 0 Å². The average Bonchev–Trinajstić information content (AvgIpc) is 2.42. The first-order valence-electron chi connectivity index (χ1n) is 6.37. The van der Waals surface area contributed by atoms with Crippen LogP contribution in [0.25, 0.3) is 0 Å². The van der Waals surface area contributed by atoms with Crippen LogP contribution >= 0.6 is 0 Å². The predicted octanol–water partition coefficient (Wildman–Crippen LogP) is 0.318. The van der Waals surface area contributed by atoms with E-state index in [0.29, 0.717) is 31.0 Å². The van der Waals surface area contributed by atoms with Crippen LogP contribution in [0.2, 0.25) is 0 Å². The molecule has 1 aromatic carbocycles. The Kier molecular flexibility index (Phi) is 7.51. The summed E-state index contributed by atoms with van der Waals surface area (Å²) in [5.74, 6) is 0.449. The predicted molar refractivity (Wildman–Crippen MR) is 73.6 cm³/mol. The van der Waals surface area contributed by atoms with E-state index in [1.54, 1.807) is 12.1 Å². The van der Waals surface area contributed by atoms with Gasteiger partial charge in [-0.2, -0.15) is 0 Å². The van der Waals surface area contributed by atoms with Crippen molar-refractivity contribution in [2.75, 3.05) is 26.9 Å². The van der Waals surface area contributed by atoms with Crippen LogP contribution in [0.5, 0.6) is 5.75 Å². The van der Waals surface area contributed by atoms with E-state index in [2.05, 4.69) is 6.92 Å². The molecule has 0 heterocycles. The molecule has 6 heteroatoms. The lowest BCUT2D eigenvalue weighted by atomic mass is 9.79. The van der Waals surface area contributed by atoms with Crippen LogP contribution in [0.3, 0.4) is 0 Å². The van der Waals surface area contributed by atoms with Gasteiger partial charge in [-0.05, 0) is 18.1 Å². The van der Waals surface area contributed by atoms with Gasteiger partial charge in [0.2, 0.25) is 0 Å². The summed E-state index contributed by atoms with van der Waals surface area (Å²) in [6, 6.07) is 5.19. The molecule has 0 saturated heterocycles. The first-order valence-corrected chi connectivity index (χ1v) is 6.37. The van der Waals surface area contributed by atoms with Gasteiger partial charge < -0.3 is 24.3 Å². The van der Waals surface area contributed by atoms with Crippen molar-refractivity contribution in [1.82, 2.24) is 0 Å². The maximum Gasteiger partial charge on any atom is 0.492 e. The lowest BCUT2D eigenvalue weighted by Gasteiger charge is -2.10. The third kappa shape index (κ3) is 5.61. The Hall–Kier alpha value is -1.08. The molecule has 0 spiro atoms. The second-order valence-corrected chi connectivity index (χ2v) is 4.11. The monoisotopic (exact) mass is 268 g/mol. The van der Waals surface area contributed by atoms with Crippen molar-refractivity contribution >= 4 is 12.6 Å². The van der Waals surface area contributed by atoms with Gasteiger partial charge in [0.05, 0.1) is 26.9 Å². The molecule has 5 nitrogen and oxygen atoms in total. The van der Waals surface area contributed by atoms with Gasteiger partial charge in [-0.15, -0.1) is 0 Å². The normalized spacial score (nSPS) is 10.5. The Labute approximate surface area is 114 Å². The van der Waals surface area contributed by atoms with Gasteiger partial charge in [0, 0.05) is 12.1 Å². The zero-order chi connectivity index (χ0) is 14.1. The number of benzene rings is 1. The van der Waals surface area contributed by atoms with E-state index in [-0.39, 0.29) is 0 Å². The average molecular weight is 268 g/mol. The molecule has 0 aliphatic rings. The van der Waals surface area contributed by atoms with Crippen molar-refractivity contribution in [1.29, 1.82) is 0 Å². The Bertz CT molecular complexity index is 370. The molecule has 0 amide bonds. The minimum atomic E-state index is -1.55. The van der Waals surface area contributed by atoms with Crippen LogP contribution in [0.15, 0.2) is 18.2 Å². The zero-order valence-electron chi connectivity index (χ0n) is 11.5. The van der Waals surface area contributed by atoms with Gasteiger partial charge >= 0.3 is 7.12 Å². The summed E-state index contributed by atoms with van der Waals surface area (Å²) in [6.07, 6.45) is 0.996. The lowest BCUT2D eigenvalue weighted by molar-refractivity contribution is 0.0408. The molecular weight excluding hydrogens is 247 g/mol. The Morgan fingerprint density at radius 1 is 1.11 bits per heavy atom. The lowest BCUT2D eigenvalue weighted by Crippen LogP contribution is -2.31. The van der Waals surface area contributed by atoms with Gasteiger partial charge in [-0.3, -0.25) is 0 Å². The summed E-state index contributed by atoms with van der Waals surface area (Å²) in [7, 11) is -0.0644. The molecule has 0 aliphatic carbocycles. The van der Waals surface area contributed by atoms with Gasteiger partial charge in [0.15, 0.2) is 0 Å². The summed E-state index contributed by atoms with van der Waals surface area (Å²) in [6.45, 7) is 4.29. The highest BCUT2D eigenvalue weighted by molar-refractivity contribution is 6.59. The fraction of sp³-hybridized carbons (Fsp3) is 0.538. The number of methoxy groups -OCH3 is 1. The van der Waals surface area contributed by atoms with Crippen molar-refractivity contribution in [3.8, 4) is 5.75 Å². The fourth-order valence-corrected chi connectivity index (χ4v) is 1.63. The molecular formula is C13H21BO5. The minimum absolute atomic E-state index is 0.339. The molecule has 2 N–H and O–H groups in total. The van der Waals surface area contributed by atoms with Crippen LogP contribution in [-0.4, -0.2) is 44.1 Å². The summed E-state index contributed by atoms with van der Waals surface area (Å²) < 4.78 is 15.8. The molecule has 0 fully saturated rings. The third-order valence-electron chi connectivity index (χ3n) is 2.56. The first kappa shape index (κ1) is 16.0. The SMILES string of the molecule is CCCOCCOCc1ccc(OC)c(B(O)O)c1. The van der Waals surface area contributed by atoms with Crippen molar-refractivity contribution in [3.05, 3.63) is 23.8 Å². The van der Waals surface area contributed by atoms with Gasteiger partial charge in [0.1, 0.15) is 5.75 Å². The standard InChI is InChI=1S/C13H21BO5/c1-3-6-18-7-8-19-10-11-4-5-13(17-2)12(9-11)14(15)16/h4-5,9,15-16H,3,6-8,10H2,1-2H3. The van der Waals surface area contributed by atoms with Crippen LogP contribution in [-0.2, 0) is 16.1 Å². The summed E-state index contributed by atoms with van der Waals surface area (Å²) in [5.41, 5.74) is 1.20. The molecule has 0 aliphatic heterocycles. The molecule has 1 rings (SSSR count). The molecule has 19 heavy (non-hydrogen) atoms. The van der Waals surface area contributed by atoms with Crippen molar-refractivity contribution in [2.24, 2.45) is 0 Å². The van der Waals surface area contributed by atoms with E-state index in [1.807, 2.05) is 6.07 Å². The largest absolute Gasteiger partial charge is 0.497 e. The Balaban J connectivity index is 2.44. The van der Waals surface area contributed by atoms with E-state index in [1.165, 1.54) is 7.11 Å². The van der Waals surface area contributed by atoms with Crippen LogP contribution in [0, 0.1) is 0 Å². The van der Waals surface area contributed by atoms with Gasteiger partial charge in [-0.25, -0.2) is 0 Å². The zero-order valence-corrected chi connectivity index (χ0v) is 11.5. The number of ether oxygens (including phenoxy) is 3. The van der Waals surface area contributed by atoms with Crippen LogP contribution < -0.4 is 10.2 Å². The van der Waals surface area contributed by atoms with E-state index in [0.717, 1.165) is 18.6 Å². The highest BCUT2D eigenvalue weighted by atomic mass is 16.5. The summed E-state index contributed by atoms with van der Waals surface area (Å²) in [5, 5.41) is 18.5. The van der Waals surface area contributed by atoms with Crippen molar-refractivity contribution < 1.29 is 24.3 Å². The highest BCUT2D eigenvalue weighted by Crippen LogP contribution is 2.10. The maximum absolute atomic E-state index is 9.24. The van der Waals surface area contributed by atoms with E-state index >= 15 is 0 Å². The molecule has 0 saturated carbocycles. The Morgan fingerprint density at radius 2 is 1.84 bits per heavy atom. The fourth-order valence-electron chi connectivity index (χ4n) is 1.63. The molecule has 1 aromatic rings.